The van der Waals surface area contributed by atoms with Gasteiger partial charge in [-0.15, -0.1) is 12.3 Å². The molecule has 2 heteroatoms. The highest BCUT2D eigenvalue weighted by molar-refractivity contribution is 4.85. The van der Waals surface area contributed by atoms with E-state index >= 15 is 0 Å². The van der Waals surface area contributed by atoms with Crippen LogP contribution >= 0.6 is 0 Å². The largest absolute Gasteiger partial charge is 0.330 e. The molecule has 0 bridgehead atoms. The van der Waals surface area contributed by atoms with Gasteiger partial charge in [0.1, 0.15) is 0 Å². The highest BCUT2D eigenvalue weighted by Gasteiger charge is 2.22. The molecule has 2 atom stereocenters. The monoisotopic (exact) mass is 194 g/mol. The quantitative estimate of drug-likeness (QED) is 0.514. The second-order valence-electron chi connectivity index (χ2n) is 4.15. The standard InChI is InChI=1S/C12H22N2/c1-2-3-6-9-14-12-8-5-4-7-11(12)10-13/h1,11-12,14H,3-10,13H2. The highest BCUT2D eigenvalue weighted by atomic mass is 14.9. The van der Waals surface area contributed by atoms with Gasteiger partial charge in [0.15, 0.2) is 0 Å². The van der Waals surface area contributed by atoms with Crippen molar-refractivity contribution in [3.8, 4) is 12.3 Å². The molecule has 0 aliphatic heterocycles. The van der Waals surface area contributed by atoms with E-state index in [2.05, 4.69) is 11.2 Å². The molecule has 2 unspecified atom stereocenters. The first kappa shape index (κ1) is 11.6. The van der Waals surface area contributed by atoms with Gasteiger partial charge in [-0.2, -0.15) is 0 Å². The fourth-order valence-corrected chi connectivity index (χ4v) is 2.24. The maximum atomic E-state index is 5.75. The van der Waals surface area contributed by atoms with E-state index < -0.39 is 0 Å². The van der Waals surface area contributed by atoms with Crippen molar-refractivity contribution >= 4 is 0 Å². The molecule has 1 aliphatic rings. The van der Waals surface area contributed by atoms with Gasteiger partial charge in [0.25, 0.3) is 0 Å². The van der Waals surface area contributed by atoms with E-state index in [0.29, 0.717) is 12.0 Å². The highest BCUT2D eigenvalue weighted by Crippen LogP contribution is 2.23. The van der Waals surface area contributed by atoms with Gasteiger partial charge < -0.3 is 11.1 Å². The minimum absolute atomic E-state index is 0.645. The molecular weight excluding hydrogens is 172 g/mol. The normalized spacial score (nSPS) is 27.1. The number of unbranched alkanes of at least 4 members (excludes halogenated alkanes) is 1. The Kier molecular flexibility index (Phi) is 5.66. The number of hydrogen-bond acceptors (Lipinski definition) is 2. The summed E-state index contributed by atoms with van der Waals surface area (Å²) in [5.41, 5.74) is 5.75. The second kappa shape index (κ2) is 6.86. The van der Waals surface area contributed by atoms with Crippen LogP contribution in [-0.4, -0.2) is 19.1 Å². The van der Waals surface area contributed by atoms with E-state index in [1.807, 2.05) is 0 Å². The molecule has 3 N–H and O–H groups in total. The second-order valence-corrected chi connectivity index (χ2v) is 4.15. The maximum absolute atomic E-state index is 5.75. The summed E-state index contributed by atoms with van der Waals surface area (Å²) in [5, 5.41) is 3.58. The van der Waals surface area contributed by atoms with Gasteiger partial charge in [-0.25, -0.2) is 0 Å². The molecule has 1 aliphatic carbocycles. The Morgan fingerprint density at radius 1 is 1.36 bits per heavy atom. The van der Waals surface area contributed by atoms with Crippen molar-refractivity contribution in [2.24, 2.45) is 11.7 Å². The molecule has 0 radical (unpaired) electrons. The number of nitrogens with one attached hydrogen (secondary N) is 1. The average molecular weight is 194 g/mol. The first-order valence-corrected chi connectivity index (χ1v) is 5.75. The van der Waals surface area contributed by atoms with Crippen molar-refractivity contribution in [1.82, 2.24) is 5.32 Å². The minimum atomic E-state index is 0.645. The number of hydrogen-bond donors (Lipinski definition) is 2. The first-order chi connectivity index (χ1) is 6.88. The Morgan fingerprint density at radius 2 is 2.14 bits per heavy atom. The number of rotatable bonds is 5. The fourth-order valence-electron chi connectivity index (χ4n) is 2.24. The molecule has 0 amide bonds. The Balaban J connectivity index is 2.17. The van der Waals surface area contributed by atoms with Gasteiger partial charge in [-0.3, -0.25) is 0 Å². The Morgan fingerprint density at radius 3 is 2.86 bits per heavy atom. The summed E-state index contributed by atoms with van der Waals surface area (Å²) in [4.78, 5) is 0. The van der Waals surface area contributed by atoms with Gasteiger partial charge in [0.2, 0.25) is 0 Å². The third-order valence-electron chi connectivity index (χ3n) is 3.12. The summed E-state index contributed by atoms with van der Waals surface area (Å²) < 4.78 is 0. The summed E-state index contributed by atoms with van der Waals surface area (Å²) >= 11 is 0. The molecule has 2 nitrogen and oxygen atoms in total. The Labute approximate surface area is 87.6 Å². The third kappa shape index (κ3) is 3.69. The lowest BCUT2D eigenvalue weighted by molar-refractivity contribution is 0.268. The number of terminal acetylenes is 1. The van der Waals surface area contributed by atoms with Crippen LogP contribution in [0, 0.1) is 18.3 Å². The van der Waals surface area contributed by atoms with Crippen LogP contribution in [0.15, 0.2) is 0 Å². The summed E-state index contributed by atoms with van der Waals surface area (Å²) in [6, 6.07) is 0.645. The molecule has 80 valence electrons. The molecule has 1 fully saturated rings. The maximum Gasteiger partial charge on any atom is 0.0107 e. The topological polar surface area (TPSA) is 38.0 Å². The van der Waals surface area contributed by atoms with E-state index in [4.69, 9.17) is 12.2 Å². The lowest BCUT2D eigenvalue weighted by atomic mass is 9.84. The van der Waals surface area contributed by atoms with Crippen LogP contribution in [0.3, 0.4) is 0 Å². The van der Waals surface area contributed by atoms with Crippen molar-refractivity contribution in [3.63, 3.8) is 0 Å². The van der Waals surface area contributed by atoms with Crippen LogP contribution in [0.2, 0.25) is 0 Å². The summed E-state index contributed by atoms with van der Waals surface area (Å²) in [7, 11) is 0. The minimum Gasteiger partial charge on any atom is -0.330 e. The van der Waals surface area contributed by atoms with Gasteiger partial charge in [-0.1, -0.05) is 12.8 Å². The number of nitrogens with two attached hydrogens (primary N) is 1. The van der Waals surface area contributed by atoms with Crippen molar-refractivity contribution in [2.45, 2.75) is 44.6 Å². The SMILES string of the molecule is C#CCCCNC1CCCCC1CN. The summed E-state index contributed by atoms with van der Waals surface area (Å²) in [6.45, 7) is 1.87. The van der Waals surface area contributed by atoms with Crippen LogP contribution < -0.4 is 11.1 Å². The van der Waals surface area contributed by atoms with Crippen molar-refractivity contribution in [1.29, 1.82) is 0 Å². The zero-order chi connectivity index (χ0) is 10.2. The Bertz CT molecular complexity index is 183. The van der Waals surface area contributed by atoms with Gasteiger partial charge in [-0.05, 0) is 38.3 Å². The summed E-state index contributed by atoms with van der Waals surface area (Å²) in [6.07, 6.45) is 12.5. The lowest BCUT2D eigenvalue weighted by Gasteiger charge is -2.31. The smallest absolute Gasteiger partial charge is 0.0107 e. The van der Waals surface area contributed by atoms with E-state index in [1.165, 1.54) is 25.7 Å². The molecule has 0 spiro atoms. The van der Waals surface area contributed by atoms with Crippen LogP contribution in [0.4, 0.5) is 0 Å². The van der Waals surface area contributed by atoms with Crippen LogP contribution in [-0.2, 0) is 0 Å². The molecule has 1 saturated carbocycles. The molecular formula is C12H22N2. The fraction of sp³-hybridized carbons (Fsp3) is 0.833. The molecule has 0 aromatic carbocycles. The average Bonchev–Trinajstić information content (AvgIpc) is 2.25. The predicted octanol–water partition coefficient (Wildman–Crippen LogP) is 1.51. The first-order valence-electron chi connectivity index (χ1n) is 5.75. The lowest BCUT2D eigenvalue weighted by Crippen LogP contribution is -2.42. The van der Waals surface area contributed by atoms with Crippen molar-refractivity contribution in [2.75, 3.05) is 13.1 Å². The molecule has 0 aromatic heterocycles. The summed E-state index contributed by atoms with van der Waals surface area (Å²) in [5.74, 6) is 3.36. The zero-order valence-corrected chi connectivity index (χ0v) is 8.97. The third-order valence-corrected chi connectivity index (χ3v) is 3.12. The van der Waals surface area contributed by atoms with E-state index in [0.717, 1.165) is 25.9 Å². The molecule has 0 aromatic rings. The van der Waals surface area contributed by atoms with Gasteiger partial charge >= 0.3 is 0 Å². The molecule has 14 heavy (non-hydrogen) atoms. The molecule has 1 rings (SSSR count). The van der Waals surface area contributed by atoms with E-state index in [1.54, 1.807) is 0 Å². The van der Waals surface area contributed by atoms with E-state index in [-0.39, 0.29) is 0 Å². The molecule has 0 saturated heterocycles. The van der Waals surface area contributed by atoms with Gasteiger partial charge in [0, 0.05) is 12.5 Å². The van der Waals surface area contributed by atoms with Crippen LogP contribution in [0.1, 0.15) is 38.5 Å². The van der Waals surface area contributed by atoms with Crippen LogP contribution in [0.25, 0.3) is 0 Å². The van der Waals surface area contributed by atoms with Crippen molar-refractivity contribution in [3.05, 3.63) is 0 Å². The van der Waals surface area contributed by atoms with Gasteiger partial charge in [0.05, 0.1) is 0 Å². The zero-order valence-electron chi connectivity index (χ0n) is 8.97. The van der Waals surface area contributed by atoms with Crippen molar-refractivity contribution < 1.29 is 0 Å². The van der Waals surface area contributed by atoms with E-state index in [9.17, 15) is 0 Å². The molecule has 0 heterocycles. The van der Waals surface area contributed by atoms with Crippen LogP contribution in [0.5, 0.6) is 0 Å². The predicted molar refractivity (Wildman–Crippen MR) is 60.9 cm³/mol. The Hall–Kier alpha value is -0.520.